The van der Waals surface area contributed by atoms with Gasteiger partial charge in [0.1, 0.15) is 5.69 Å². The Balaban J connectivity index is 2.12. The fourth-order valence-electron chi connectivity index (χ4n) is 2.57. The standard InChI is InChI=1S/C19H19ClN4/c1-3-24(4-2)19-17(14-8-6-5-7-9-14)22-23-18(21-19)15-10-12-16(20)13-11-15/h5-13H,3-4H2,1-2H3. The van der Waals surface area contributed by atoms with Gasteiger partial charge in [-0.3, -0.25) is 0 Å². The Morgan fingerprint density at radius 2 is 1.50 bits per heavy atom. The zero-order chi connectivity index (χ0) is 16.9. The SMILES string of the molecule is CCN(CC)c1nc(-c2ccc(Cl)cc2)nnc1-c1ccccc1. The van der Waals surface area contributed by atoms with Crippen molar-refractivity contribution in [3.8, 4) is 22.6 Å². The summed E-state index contributed by atoms with van der Waals surface area (Å²) in [5, 5.41) is 9.50. The number of halogens is 1. The highest BCUT2D eigenvalue weighted by atomic mass is 35.5. The largest absolute Gasteiger partial charge is 0.355 e. The van der Waals surface area contributed by atoms with Crippen LogP contribution < -0.4 is 4.90 Å². The Bertz CT molecular complexity index is 799. The Morgan fingerprint density at radius 3 is 2.12 bits per heavy atom. The minimum atomic E-state index is 0.605. The van der Waals surface area contributed by atoms with Gasteiger partial charge >= 0.3 is 0 Å². The van der Waals surface area contributed by atoms with Crippen LogP contribution in [0.25, 0.3) is 22.6 Å². The van der Waals surface area contributed by atoms with Crippen molar-refractivity contribution < 1.29 is 0 Å². The Labute approximate surface area is 147 Å². The summed E-state index contributed by atoms with van der Waals surface area (Å²) < 4.78 is 0. The summed E-state index contributed by atoms with van der Waals surface area (Å²) in [6, 6.07) is 17.5. The van der Waals surface area contributed by atoms with Crippen LogP contribution in [-0.2, 0) is 0 Å². The number of aromatic nitrogens is 3. The highest BCUT2D eigenvalue weighted by Crippen LogP contribution is 2.28. The Hall–Kier alpha value is -2.46. The highest BCUT2D eigenvalue weighted by Gasteiger charge is 2.16. The van der Waals surface area contributed by atoms with Gasteiger partial charge in [-0.2, -0.15) is 0 Å². The monoisotopic (exact) mass is 338 g/mol. The maximum Gasteiger partial charge on any atom is 0.183 e. The average Bonchev–Trinajstić information content (AvgIpc) is 2.64. The van der Waals surface area contributed by atoms with Gasteiger partial charge in [0.2, 0.25) is 0 Å². The first-order valence-electron chi connectivity index (χ1n) is 8.04. The molecule has 0 N–H and O–H groups in total. The number of anilines is 1. The van der Waals surface area contributed by atoms with Gasteiger partial charge in [-0.25, -0.2) is 4.98 Å². The molecule has 0 saturated carbocycles. The lowest BCUT2D eigenvalue weighted by molar-refractivity contribution is 0.829. The molecule has 122 valence electrons. The molecule has 5 heteroatoms. The molecule has 3 rings (SSSR count). The predicted octanol–water partition coefficient (Wildman–Crippen LogP) is 4.71. The van der Waals surface area contributed by atoms with Gasteiger partial charge in [0.15, 0.2) is 11.6 Å². The summed E-state index contributed by atoms with van der Waals surface area (Å²) in [7, 11) is 0. The zero-order valence-electron chi connectivity index (χ0n) is 13.8. The van der Waals surface area contributed by atoms with E-state index < -0.39 is 0 Å². The lowest BCUT2D eigenvalue weighted by Gasteiger charge is -2.22. The van der Waals surface area contributed by atoms with Crippen LogP contribution in [0, 0.1) is 0 Å². The Kier molecular flexibility index (Phi) is 5.06. The molecule has 0 fully saturated rings. The minimum absolute atomic E-state index is 0.605. The van der Waals surface area contributed by atoms with E-state index in [4.69, 9.17) is 16.6 Å². The van der Waals surface area contributed by atoms with E-state index in [2.05, 4.69) is 28.9 Å². The van der Waals surface area contributed by atoms with E-state index in [1.807, 2.05) is 54.6 Å². The summed E-state index contributed by atoms with van der Waals surface area (Å²) in [5.74, 6) is 1.46. The second-order valence-corrected chi connectivity index (χ2v) is 5.79. The molecule has 0 spiro atoms. The van der Waals surface area contributed by atoms with Gasteiger partial charge in [-0.15, -0.1) is 10.2 Å². The molecule has 0 aliphatic rings. The molecule has 0 aliphatic carbocycles. The van der Waals surface area contributed by atoms with E-state index in [0.717, 1.165) is 35.7 Å². The van der Waals surface area contributed by atoms with Gasteiger partial charge in [0.05, 0.1) is 0 Å². The number of hydrogen-bond donors (Lipinski definition) is 0. The minimum Gasteiger partial charge on any atom is -0.355 e. The lowest BCUT2D eigenvalue weighted by atomic mass is 10.1. The van der Waals surface area contributed by atoms with Crippen molar-refractivity contribution in [2.24, 2.45) is 0 Å². The van der Waals surface area contributed by atoms with Crippen LogP contribution in [0.3, 0.4) is 0 Å². The molecule has 24 heavy (non-hydrogen) atoms. The first-order valence-corrected chi connectivity index (χ1v) is 8.41. The molecule has 3 aromatic rings. The molecule has 0 bridgehead atoms. The second kappa shape index (κ2) is 7.41. The third kappa shape index (κ3) is 3.39. The molecule has 0 aliphatic heterocycles. The predicted molar refractivity (Wildman–Crippen MR) is 99.3 cm³/mol. The maximum atomic E-state index is 5.97. The van der Waals surface area contributed by atoms with Crippen molar-refractivity contribution in [1.29, 1.82) is 0 Å². The third-order valence-electron chi connectivity index (χ3n) is 3.88. The van der Waals surface area contributed by atoms with E-state index in [9.17, 15) is 0 Å². The van der Waals surface area contributed by atoms with Crippen LogP contribution >= 0.6 is 11.6 Å². The van der Waals surface area contributed by atoms with E-state index in [1.165, 1.54) is 0 Å². The summed E-state index contributed by atoms with van der Waals surface area (Å²) in [4.78, 5) is 6.99. The lowest BCUT2D eigenvalue weighted by Crippen LogP contribution is -2.24. The number of hydrogen-bond acceptors (Lipinski definition) is 4. The number of nitrogens with zero attached hydrogens (tertiary/aromatic N) is 4. The number of benzene rings is 2. The first-order chi connectivity index (χ1) is 11.7. The molecule has 4 nitrogen and oxygen atoms in total. The molecule has 1 heterocycles. The van der Waals surface area contributed by atoms with Gasteiger partial charge in [-0.1, -0.05) is 41.9 Å². The average molecular weight is 339 g/mol. The zero-order valence-corrected chi connectivity index (χ0v) is 14.5. The van der Waals surface area contributed by atoms with Crippen molar-refractivity contribution in [2.75, 3.05) is 18.0 Å². The van der Waals surface area contributed by atoms with Crippen molar-refractivity contribution in [1.82, 2.24) is 15.2 Å². The van der Waals surface area contributed by atoms with Crippen LogP contribution in [0.5, 0.6) is 0 Å². The molecular formula is C19H19ClN4. The molecule has 0 saturated heterocycles. The van der Waals surface area contributed by atoms with Crippen LogP contribution in [0.4, 0.5) is 5.82 Å². The smallest absolute Gasteiger partial charge is 0.183 e. The van der Waals surface area contributed by atoms with Crippen LogP contribution in [0.2, 0.25) is 5.02 Å². The normalized spacial score (nSPS) is 10.6. The fraction of sp³-hybridized carbons (Fsp3) is 0.211. The molecule has 0 atom stereocenters. The second-order valence-electron chi connectivity index (χ2n) is 5.35. The first kappa shape index (κ1) is 16.4. The fourth-order valence-corrected chi connectivity index (χ4v) is 2.69. The van der Waals surface area contributed by atoms with Crippen molar-refractivity contribution in [3.63, 3.8) is 0 Å². The molecule has 0 amide bonds. The molecule has 0 unspecified atom stereocenters. The molecule has 2 aromatic carbocycles. The van der Waals surface area contributed by atoms with Gasteiger partial charge < -0.3 is 4.90 Å². The highest BCUT2D eigenvalue weighted by molar-refractivity contribution is 6.30. The van der Waals surface area contributed by atoms with Crippen LogP contribution in [0.15, 0.2) is 54.6 Å². The van der Waals surface area contributed by atoms with E-state index in [-0.39, 0.29) is 0 Å². The van der Waals surface area contributed by atoms with E-state index >= 15 is 0 Å². The molecule has 1 aromatic heterocycles. The summed E-state index contributed by atoms with van der Waals surface area (Å²) in [5.41, 5.74) is 2.72. The number of rotatable bonds is 5. The quantitative estimate of drug-likeness (QED) is 0.676. The summed E-state index contributed by atoms with van der Waals surface area (Å²) in [6.07, 6.45) is 0. The summed E-state index contributed by atoms with van der Waals surface area (Å²) in [6.45, 7) is 5.94. The van der Waals surface area contributed by atoms with Crippen LogP contribution in [0.1, 0.15) is 13.8 Å². The van der Waals surface area contributed by atoms with E-state index in [0.29, 0.717) is 10.8 Å². The van der Waals surface area contributed by atoms with Crippen molar-refractivity contribution in [3.05, 3.63) is 59.6 Å². The molecule has 0 radical (unpaired) electrons. The Morgan fingerprint density at radius 1 is 0.833 bits per heavy atom. The maximum absolute atomic E-state index is 5.97. The van der Waals surface area contributed by atoms with Crippen molar-refractivity contribution in [2.45, 2.75) is 13.8 Å². The van der Waals surface area contributed by atoms with Gasteiger partial charge in [0, 0.05) is 29.2 Å². The van der Waals surface area contributed by atoms with Gasteiger partial charge in [-0.05, 0) is 38.1 Å². The van der Waals surface area contributed by atoms with E-state index in [1.54, 1.807) is 0 Å². The van der Waals surface area contributed by atoms with Gasteiger partial charge in [0.25, 0.3) is 0 Å². The topological polar surface area (TPSA) is 41.9 Å². The van der Waals surface area contributed by atoms with Crippen molar-refractivity contribution >= 4 is 17.4 Å². The third-order valence-corrected chi connectivity index (χ3v) is 4.13. The summed E-state index contributed by atoms with van der Waals surface area (Å²) >= 11 is 5.97. The molecular weight excluding hydrogens is 320 g/mol. The van der Waals surface area contributed by atoms with Crippen LogP contribution in [-0.4, -0.2) is 28.3 Å².